The van der Waals surface area contributed by atoms with E-state index in [1.54, 1.807) is 14.2 Å². The molecule has 6 heteroatoms. The summed E-state index contributed by atoms with van der Waals surface area (Å²) in [6, 6.07) is 18.4. The van der Waals surface area contributed by atoms with Crippen LogP contribution >= 0.6 is 15.9 Å². The smallest absolute Gasteiger partial charge is 0.307 e. The fourth-order valence-electron chi connectivity index (χ4n) is 4.57. The average molecular weight is 484 g/mol. The van der Waals surface area contributed by atoms with Gasteiger partial charge in [-0.3, -0.25) is 9.69 Å². The van der Waals surface area contributed by atoms with Crippen molar-refractivity contribution in [3.63, 3.8) is 0 Å². The van der Waals surface area contributed by atoms with Crippen LogP contribution in [0.1, 0.15) is 30.0 Å². The number of aliphatic carboxylic acids is 1. The summed E-state index contributed by atoms with van der Waals surface area (Å²) in [7, 11) is 3.25. The fraction of sp³-hybridized carbons (Fsp3) is 0.320. The molecule has 3 aromatic rings. The van der Waals surface area contributed by atoms with Gasteiger partial charge in [-0.25, -0.2) is 0 Å². The van der Waals surface area contributed by atoms with Crippen LogP contribution in [0.4, 0.5) is 0 Å². The first-order valence-corrected chi connectivity index (χ1v) is 11.2. The Labute approximate surface area is 190 Å². The third kappa shape index (κ3) is 4.27. The highest BCUT2D eigenvalue weighted by molar-refractivity contribution is 9.10. The molecular weight excluding hydrogens is 458 g/mol. The van der Waals surface area contributed by atoms with Crippen LogP contribution in [0.25, 0.3) is 10.8 Å². The lowest BCUT2D eigenvalue weighted by molar-refractivity contribution is -0.143. The van der Waals surface area contributed by atoms with Crippen LogP contribution in [-0.4, -0.2) is 43.3 Å². The van der Waals surface area contributed by atoms with Gasteiger partial charge in [0.2, 0.25) is 0 Å². The first kappa shape index (κ1) is 21.7. The van der Waals surface area contributed by atoms with Crippen LogP contribution in [0.5, 0.6) is 11.5 Å². The highest BCUT2D eigenvalue weighted by Crippen LogP contribution is 2.43. The summed E-state index contributed by atoms with van der Waals surface area (Å²) < 4.78 is 12.0. The second-order valence-corrected chi connectivity index (χ2v) is 8.73. The highest BCUT2D eigenvalue weighted by atomic mass is 79.9. The standard InChI is InChI=1S/C25H26BrNO4/c1-30-22-13-20(21(26)14-23(22)31-2)24(27-12-6-9-17(15-27)25(28)29)19-11-5-8-16-7-3-4-10-18(16)19/h3-5,7-8,10-11,13-14,17,24H,6,9,12,15H2,1-2H3,(H,28,29). The SMILES string of the molecule is COc1cc(Br)c(C(c2cccc3ccccc23)N2CCCC(C(=O)O)C2)cc1OC. The lowest BCUT2D eigenvalue weighted by atomic mass is 9.89. The summed E-state index contributed by atoms with van der Waals surface area (Å²) >= 11 is 3.75. The van der Waals surface area contributed by atoms with E-state index in [4.69, 9.17) is 9.47 Å². The molecule has 2 unspecified atom stereocenters. The van der Waals surface area contributed by atoms with Crippen molar-refractivity contribution < 1.29 is 19.4 Å². The van der Waals surface area contributed by atoms with Gasteiger partial charge in [0.15, 0.2) is 11.5 Å². The Morgan fingerprint density at radius 2 is 1.77 bits per heavy atom. The van der Waals surface area contributed by atoms with Gasteiger partial charge in [0.05, 0.1) is 26.2 Å². The molecule has 1 heterocycles. The second kappa shape index (κ2) is 9.28. The van der Waals surface area contributed by atoms with E-state index >= 15 is 0 Å². The van der Waals surface area contributed by atoms with Crippen LogP contribution in [0.15, 0.2) is 59.1 Å². The molecule has 3 aromatic carbocycles. The third-order valence-electron chi connectivity index (χ3n) is 6.08. The molecule has 4 rings (SSSR count). The third-order valence-corrected chi connectivity index (χ3v) is 6.77. The zero-order valence-electron chi connectivity index (χ0n) is 17.7. The molecule has 1 aliphatic rings. The first-order valence-electron chi connectivity index (χ1n) is 10.4. The van der Waals surface area contributed by atoms with Crippen molar-refractivity contribution in [1.29, 1.82) is 0 Å². The number of piperidine rings is 1. The summed E-state index contributed by atoms with van der Waals surface area (Å²) in [6.45, 7) is 1.34. The van der Waals surface area contributed by atoms with E-state index in [9.17, 15) is 9.90 Å². The molecular formula is C25H26BrNO4. The maximum Gasteiger partial charge on any atom is 0.307 e. The monoisotopic (exact) mass is 483 g/mol. The largest absolute Gasteiger partial charge is 0.493 e. The lowest BCUT2D eigenvalue weighted by Crippen LogP contribution is -2.41. The second-order valence-electron chi connectivity index (χ2n) is 7.87. The number of likely N-dealkylation sites (tertiary alicyclic amines) is 1. The number of ether oxygens (including phenoxy) is 2. The number of carbonyl (C=O) groups is 1. The first-order chi connectivity index (χ1) is 15.0. The molecule has 162 valence electrons. The molecule has 1 saturated heterocycles. The predicted molar refractivity (Wildman–Crippen MR) is 125 cm³/mol. The topological polar surface area (TPSA) is 59.0 Å². The minimum atomic E-state index is -0.729. The number of fused-ring (bicyclic) bond motifs is 1. The van der Waals surface area contributed by atoms with Gasteiger partial charge in [0, 0.05) is 11.0 Å². The minimum Gasteiger partial charge on any atom is -0.493 e. The molecule has 1 N–H and O–H groups in total. The number of benzene rings is 3. The normalized spacial score (nSPS) is 18.0. The zero-order chi connectivity index (χ0) is 22.0. The van der Waals surface area contributed by atoms with Gasteiger partial charge in [0.25, 0.3) is 0 Å². The predicted octanol–water partition coefficient (Wildman–Crippen LogP) is 5.51. The molecule has 1 fully saturated rings. The van der Waals surface area contributed by atoms with Crippen molar-refractivity contribution in [1.82, 2.24) is 4.90 Å². The van der Waals surface area contributed by atoms with E-state index in [1.807, 2.05) is 24.3 Å². The molecule has 31 heavy (non-hydrogen) atoms. The minimum absolute atomic E-state index is 0.123. The highest BCUT2D eigenvalue weighted by Gasteiger charge is 2.33. The molecule has 0 amide bonds. The summed E-state index contributed by atoms with van der Waals surface area (Å²) in [5, 5.41) is 12.0. The van der Waals surface area contributed by atoms with Crippen molar-refractivity contribution in [3.05, 3.63) is 70.2 Å². The molecule has 5 nitrogen and oxygen atoms in total. The summed E-state index contributed by atoms with van der Waals surface area (Å²) in [5.74, 6) is 0.201. The Kier molecular flexibility index (Phi) is 6.49. The van der Waals surface area contributed by atoms with Gasteiger partial charge in [-0.2, -0.15) is 0 Å². The van der Waals surface area contributed by atoms with Crippen LogP contribution in [0.3, 0.4) is 0 Å². The van der Waals surface area contributed by atoms with Crippen molar-refractivity contribution in [2.75, 3.05) is 27.3 Å². The number of carboxylic acids is 1. The van der Waals surface area contributed by atoms with Gasteiger partial charge < -0.3 is 14.6 Å². The Morgan fingerprint density at radius 3 is 2.52 bits per heavy atom. The van der Waals surface area contributed by atoms with E-state index in [-0.39, 0.29) is 12.0 Å². The van der Waals surface area contributed by atoms with Crippen LogP contribution in [-0.2, 0) is 4.79 Å². The quantitative estimate of drug-likeness (QED) is 0.501. The van der Waals surface area contributed by atoms with Gasteiger partial charge in [-0.05, 0) is 53.4 Å². The Morgan fingerprint density at radius 1 is 1.06 bits per heavy atom. The molecule has 0 aromatic heterocycles. The summed E-state index contributed by atoms with van der Waals surface area (Å²) in [5.41, 5.74) is 2.18. The molecule has 0 saturated carbocycles. The number of hydrogen-bond donors (Lipinski definition) is 1. The van der Waals surface area contributed by atoms with E-state index in [1.165, 1.54) is 0 Å². The molecule has 0 spiro atoms. The van der Waals surface area contributed by atoms with Crippen molar-refractivity contribution >= 4 is 32.7 Å². The molecule has 0 radical (unpaired) electrons. The van der Waals surface area contributed by atoms with Gasteiger partial charge in [-0.1, -0.05) is 58.4 Å². The zero-order valence-corrected chi connectivity index (χ0v) is 19.3. The van der Waals surface area contributed by atoms with Crippen LogP contribution in [0.2, 0.25) is 0 Å². The van der Waals surface area contributed by atoms with Crippen LogP contribution < -0.4 is 9.47 Å². The van der Waals surface area contributed by atoms with Crippen molar-refractivity contribution in [3.8, 4) is 11.5 Å². The van der Waals surface area contributed by atoms with Gasteiger partial charge >= 0.3 is 5.97 Å². The summed E-state index contributed by atoms with van der Waals surface area (Å²) in [6.07, 6.45) is 1.56. The Hall–Kier alpha value is -2.57. The van der Waals surface area contributed by atoms with Gasteiger partial charge in [0.1, 0.15) is 0 Å². The number of rotatable bonds is 6. The molecule has 0 bridgehead atoms. The number of methoxy groups -OCH3 is 2. The number of halogens is 1. The summed E-state index contributed by atoms with van der Waals surface area (Å²) in [4.78, 5) is 14.1. The number of hydrogen-bond acceptors (Lipinski definition) is 4. The van der Waals surface area contributed by atoms with E-state index in [0.717, 1.165) is 39.3 Å². The van der Waals surface area contributed by atoms with Gasteiger partial charge in [-0.15, -0.1) is 0 Å². The average Bonchev–Trinajstić information content (AvgIpc) is 2.80. The Balaban J connectivity index is 1.91. The maximum absolute atomic E-state index is 11.8. The molecule has 2 atom stereocenters. The number of nitrogens with zero attached hydrogens (tertiary/aromatic N) is 1. The molecule has 0 aliphatic carbocycles. The maximum atomic E-state index is 11.8. The fourth-order valence-corrected chi connectivity index (χ4v) is 5.11. The molecule has 1 aliphatic heterocycles. The van der Waals surface area contributed by atoms with Crippen LogP contribution in [0, 0.1) is 5.92 Å². The van der Waals surface area contributed by atoms with Crippen molar-refractivity contribution in [2.45, 2.75) is 18.9 Å². The number of carboxylic acid groups (broad SMARTS) is 1. The Bertz CT molecular complexity index is 1090. The van der Waals surface area contributed by atoms with E-state index in [2.05, 4.69) is 51.2 Å². The van der Waals surface area contributed by atoms with E-state index < -0.39 is 5.97 Å². The van der Waals surface area contributed by atoms with Crippen molar-refractivity contribution in [2.24, 2.45) is 5.92 Å². The van der Waals surface area contributed by atoms with E-state index in [0.29, 0.717) is 24.5 Å². The lowest BCUT2D eigenvalue weighted by Gasteiger charge is -2.38.